The highest BCUT2D eigenvalue weighted by molar-refractivity contribution is 7.18. The molecular weight excluding hydrogens is 398 g/mol. The number of hydrogen-bond donors (Lipinski definition) is 2. The fourth-order valence-electron chi connectivity index (χ4n) is 3.07. The van der Waals surface area contributed by atoms with Gasteiger partial charge in [0.15, 0.2) is 0 Å². The second-order valence-corrected chi connectivity index (χ2v) is 7.53. The van der Waals surface area contributed by atoms with Crippen LogP contribution in [0.1, 0.15) is 15.9 Å². The summed E-state index contributed by atoms with van der Waals surface area (Å²) in [5.41, 5.74) is 3.58. The molecular formula is C23H17N3O3S. The normalized spacial score (nSPS) is 10.5. The molecule has 0 saturated carbocycles. The molecule has 4 rings (SSSR count). The lowest BCUT2D eigenvalue weighted by atomic mass is 9.98. The zero-order valence-electron chi connectivity index (χ0n) is 15.8. The molecule has 0 unspecified atom stereocenters. The molecule has 148 valence electrons. The maximum Gasteiger partial charge on any atom is 0.335 e. The van der Waals surface area contributed by atoms with Crippen molar-refractivity contribution >= 4 is 28.3 Å². The van der Waals surface area contributed by atoms with Crippen LogP contribution < -0.4 is 5.32 Å². The van der Waals surface area contributed by atoms with Gasteiger partial charge < -0.3 is 10.4 Å². The van der Waals surface area contributed by atoms with E-state index in [2.05, 4.69) is 15.5 Å². The van der Waals surface area contributed by atoms with Gasteiger partial charge in [-0.15, -0.1) is 10.2 Å². The summed E-state index contributed by atoms with van der Waals surface area (Å²) in [4.78, 5) is 23.6. The number of carboxylic acids is 1. The average molecular weight is 415 g/mol. The number of nitrogens with one attached hydrogen (secondary N) is 1. The van der Waals surface area contributed by atoms with Crippen molar-refractivity contribution in [3.8, 4) is 21.7 Å². The van der Waals surface area contributed by atoms with E-state index < -0.39 is 5.97 Å². The Bertz CT molecular complexity index is 1210. The molecule has 2 N–H and O–H groups in total. The maximum atomic E-state index is 12.3. The summed E-state index contributed by atoms with van der Waals surface area (Å²) in [6, 6.07) is 23.8. The van der Waals surface area contributed by atoms with Gasteiger partial charge in [0.25, 0.3) is 0 Å². The van der Waals surface area contributed by atoms with Crippen LogP contribution in [-0.2, 0) is 11.2 Å². The fourth-order valence-corrected chi connectivity index (χ4v) is 3.87. The average Bonchev–Trinajstić information content (AvgIpc) is 3.22. The van der Waals surface area contributed by atoms with E-state index in [1.165, 1.54) is 11.3 Å². The van der Waals surface area contributed by atoms with E-state index in [1.54, 1.807) is 18.2 Å². The van der Waals surface area contributed by atoms with E-state index >= 15 is 0 Å². The molecule has 0 aliphatic carbocycles. The Morgan fingerprint density at radius 2 is 1.60 bits per heavy atom. The standard InChI is InChI=1S/C23H17N3O3S/c27-20(13-15-7-2-1-3-8-15)24-23-26-25-21(30-23)19-12-5-4-11-18(19)16-9-6-10-17(14-16)22(28)29/h1-12,14H,13H2,(H,28,29)(H,24,26,27). The molecule has 7 heteroatoms. The zero-order chi connectivity index (χ0) is 20.9. The van der Waals surface area contributed by atoms with Gasteiger partial charge in [-0.25, -0.2) is 4.79 Å². The summed E-state index contributed by atoms with van der Waals surface area (Å²) in [5.74, 6) is -1.14. The molecule has 1 aromatic heterocycles. The highest BCUT2D eigenvalue weighted by Crippen LogP contribution is 2.35. The van der Waals surface area contributed by atoms with Crippen LogP contribution in [-0.4, -0.2) is 27.2 Å². The van der Waals surface area contributed by atoms with Crippen LogP contribution in [0, 0.1) is 0 Å². The van der Waals surface area contributed by atoms with Gasteiger partial charge in [-0.05, 0) is 28.8 Å². The van der Waals surface area contributed by atoms with Crippen molar-refractivity contribution in [1.82, 2.24) is 10.2 Å². The van der Waals surface area contributed by atoms with Gasteiger partial charge in [-0.1, -0.05) is 78.1 Å². The summed E-state index contributed by atoms with van der Waals surface area (Å²) in [6.45, 7) is 0. The van der Waals surface area contributed by atoms with Gasteiger partial charge in [0.1, 0.15) is 5.01 Å². The Balaban J connectivity index is 1.58. The molecule has 6 nitrogen and oxygen atoms in total. The molecule has 0 fully saturated rings. The van der Waals surface area contributed by atoms with Crippen LogP contribution in [0.5, 0.6) is 0 Å². The summed E-state index contributed by atoms with van der Waals surface area (Å²) >= 11 is 1.27. The van der Waals surface area contributed by atoms with E-state index in [9.17, 15) is 14.7 Å². The smallest absolute Gasteiger partial charge is 0.335 e. The van der Waals surface area contributed by atoms with Crippen LogP contribution in [0.15, 0.2) is 78.9 Å². The Hall–Kier alpha value is -3.84. The molecule has 1 heterocycles. The Labute approximate surface area is 176 Å². The second kappa shape index (κ2) is 8.67. The third kappa shape index (κ3) is 4.42. The first-order valence-electron chi connectivity index (χ1n) is 9.20. The van der Waals surface area contributed by atoms with Crippen molar-refractivity contribution < 1.29 is 14.7 Å². The van der Waals surface area contributed by atoms with Crippen molar-refractivity contribution in [2.45, 2.75) is 6.42 Å². The predicted molar refractivity (Wildman–Crippen MR) is 117 cm³/mol. The molecule has 0 radical (unpaired) electrons. The largest absolute Gasteiger partial charge is 0.478 e. The topological polar surface area (TPSA) is 92.2 Å². The van der Waals surface area contributed by atoms with Gasteiger partial charge in [0, 0.05) is 5.56 Å². The molecule has 30 heavy (non-hydrogen) atoms. The number of amides is 1. The summed E-state index contributed by atoms with van der Waals surface area (Å²) < 4.78 is 0. The number of anilines is 1. The van der Waals surface area contributed by atoms with Crippen LogP contribution in [0.25, 0.3) is 21.7 Å². The number of carbonyl (C=O) groups is 2. The Morgan fingerprint density at radius 1 is 0.867 bits per heavy atom. The minimum atomic E-state index is -0.978. The van der Waals surface area contributed by atoms with Crippen LogP contribution in [0.3, 0.4) is 0 Å². The molecule has 0 aliphatic rings. The van der Waals surface area contributed by atoms with Crippen molar-refractivity contribution in [2.75, 3.05) is 5.32 Å². The van der Waals surface area contributed by atoms with E-state index in [-0.39, 0.29) is 17.9 Å². The summed E-state index contributed by atoms with van der Waals surface area (Å²) in [5, 5.41) is 21.4. The quantitative estimate of drug-likeness (QED) is 0.474. The predicted octanol–water partition coefficient (Wildman–Crippen LogP) is 4.75. The first kappa shape index (κ1) is 19.5. The Morgan fingerprint density at radius 3 is 2.37 bits per heavy atom. The molecule has 3 aromatic carbocycles. The van der Waals surface area contributed by atoms with Crippen molar-refractivity contribution in [1.29, 1.82) is 0 Å². The highest BCUT2D eigenvalue weighted by Gasteiger charge is 2.15. The van der Waals surface area contributed by atoms with Crippen molar-refractivity contribution in [3.63, 3.8) is 0 Å². The lowest BCUT2D eigenvalue weighted by Crippen LogP contribution is -2.14. The van der Waals surface area contributed by atoms with E-state index in [1.807, 2.05) is 60.7 Å². The van der Waals surface area contributed by atoms with Gasteiger partial charge in [-0.2, -0.15) is 0 Å². The van der Waals surface area contributed by atoms with Gasteiger partial charge in [0.05, 0.1) is 12.0 Å². The molecule has 4 aromatic rings. The van der Waals surface area contributed by atoms with Crippen LogP contribution in [0.2, 0.25) is 0 Å². The summed E-state index contributed by atoms with van der Waals surface area (Å²) in [7, 11) is 0. The minimum Gasteiger partial charge on any atom is -0.478 e. The number of carboxylic acid groups (broad SMARTS) is 1. The fraction of sp³-hybridized carbons (Fsp3) is 0.0435. The number of hydrogen-bond acceptors (Lipinski definition) is 5. The highest BCUT2D eigenvalue weighted by atomic mass is 32.1. The maximum absolute atomic E-state index is 12.3. The SMILES string of the molecule is O=C(Cc1ccccc1)Nc1nnc(-c2ccccc2-c2cccc(C(=O)O)c2)s1. The minimum absolute atomic E-state index is 0.161. The lowest BCUT2D eigenvalue weighted by molar-refractivity contribution is -0.115. The molecule has 0 bridgehead atoms. The van der Waals surface area contributed by atoms with E-state index in [4.69, 9.17) is 0 Å². The first-order chi connectivity index (χ1) is 14.6. The molecule has 0 spiro atoms. The van der Waals surface area contributed by atoms with Gasteiger partial charge in [0.2, 0.25) is 11.0 Å². The zero-order valence-corrected chi connectivity index (χ0v) is 16.6. The number of nitrogens with zero attached hydrogens (tertiary/aromatic N) is 2. The van der Waals surface area contributed by atoms with E-state index in [0.29, 0.717) is 10.1 Å². The number of aromatic nitrogens is 2. The number of aromatic carboxylic acids is 1. The third-order valence-electron chi connectivity index (χ3n) is 4.46. The van der Waals surface area contributed by atoms with Crippen LogP contribution >= 0.6 is 11.3 Å². The number of benzene rings is 3. The molecule has 0 atom stereocenters. The Kier molecular flexibility index (Phi) is 5.63. The van der Waals surface area contributed by atoms with E-state index in [0.717, 1.165) is 22.3 Å². The van der Waals surface area contributed by atoms with Gasteiger partial charge in [-0.3, -0.25) is 4.79 Å². The third-order valence-corrected chi connectivity index (χ3v) is 5.33. The lowest BCUT2D eigenvalue weighted by Gasteiger charge is -2.08. The molecule has 0 aliphatic heterocycles. The van der Waals surface area contributed by atoms with Crippen LogP contribution in [0.4, 0.5) is 5.13 Å². The van der Waals surface area contributed by atoms with Gasteiger partial charge >= 0.3 is 5.97 Å². The van der Waals surface area contributed by atoms with Crippen molar-refractivity contribution in [3.05, 3.63) is 90.0 Å². The molecule has 1 amide bonds. The summed E-state index contributed by atoms with van der Waals surface area (Å²) in [6.07, 6.45) is 0.258. The number of carbonyl (C=O) groups excluding carboxylic acids is 1. The molecule has 0 saturated heterocycles. The van der Waals surface area contributed by atoms with Crippen molar-refractivity contribution in [2.24, 2.45) is 0 Å². The monoisotopic (exact) mass is 415 g/mol. The second-order valence-electron chi connectivity index (χ2n) is 6.55. The number of rotatable bonds is 6. The first-order valence-corrected chi connectivity index (χ1v) is 10.0.